The van der Waals surface area contributed by atoms with Crippen molar-refractivity contribution in [3.63, 3.8) is 0 Å². The summed E-state index contributed by atoms with van der Waals surface area (Å²) in [4.78, 5) is 23.5. The summed E-state index contributed by atoms with van der Waals surface area (Å²) < 4.78 is 35.7. The summed E-state index contributed by atoms with van der Waals surface area (Å²) in [6, 6.07) is -0.720. The van der Waals surface area contributed by atoms with Crippen LogP contribution in [-0.4, -0.2) is 48.7 Å². The molecule has 1 aliphatic heterocycles. The van der Waals surface area contributed by atoms with Gasteiger partial charge in [0.15, 0.2) is 0 Å². The molecule has 5 nitrogen and oxygen atoms in total. The molecule has 0 aromatic carbocycles. The molecule has 0 aromatic rings. The van der Waals surface area contributed by atoms with Crippen LogP contribution in [0.25, 0.3) is 0 Å². The number of rotatable bonds is 2. The average Bonchev–Trinajstić information content (AvgIpc) is 2.25. The molecule has 1 aliphatic rings. The van der Waals surface area contributed by atoms with Crippen LogP contribution in [0.2, 0.25) is 0 Å². The molecule has 0 aliphatic carbocycles. The molecule has 1 heterocycles. The molecule has 0 aromatic heterocycles. The number of nitrogens with zero attached hydrogens (tertiary/aromatic N) is 1. The van der Waals surface area contributed by atoms with Crippen LogP contribution < -0.4 is 10.6 Å². The highest BCUT2D eigenvalue weighted by molar-refractivity contribution is 5.75. The van der Waals surface area contributed by atoms with Gasteiger partial charge in [0.05, 0.1) is 0 Å². The van der Waals surface area contributed by atoms with Crippen LogP contribution in [0.15, 0.2) is 0 Å². The van der Waals surface area contributed by atoms with Gasteiger partial charge in [-0.15, -0.1) is 0 Å². The fourth-order valence-corrected chi connectivity index (χ4v) is 1.80. The number of urea groups is 1. The van der Waals surface area contributed by atoms with E-state index >= 15 is 0 Å². The molecule has 1 fully saturated rings. The lowest BCUT2D eigenvalue weighted by atomic mass is 10.1. The Kier molecular flexibility index (Phi) is 4.80. The molecule has 18 heavy (non-hydrogen) atoms. The van der Waals surface area contributed by atoms with Gasteiger partial charge in [-0.1, -0.05) is 0 Å². The number of nitrogens with one attached hydrogen (secondary N) is 2. The lowest BCUT2D eigenvalue weighted by Gasteiger charge is -2.32. The van der Waals surface area contributed by atoms with Gasteiger partial charge in [-0.25, -0.2) is 4.79 Å². The summed E-state index contributed by atoms with van der Waals surface area (Å²) in [5, 5.41) is 4.54. The Bertz CT molecular complexity index is 312. The summed E-state index contributed by atoms with van der Waals surface area (Å²) in [6.07, 6.45) is -3.29. The van der Waals surface area contributed by atoms with Crippen LogP contribution >= 0.6 is 0 Å². The van der Waals surface area contributed by atoms with E-state index in [0.717, 1.165) is 0 Å². The quantitative estimate of drug-likeness (QED) is 0.779. The summed E-state index contributed by atoms with van der Waals surface area (Å²) in [5.41, 5.74) is 0. The highest BCUT2D eigenvalue weighted by atomic mass is 19.4. The number of alkyl halides is 3. The van der Waals surface area contributed by atoms with Gasteiger partial charge in [0.25, 0.3) is 0 Å². The topological polar surface area (TPSA) is 61.4 Å². The zero-order chi connectivity index (χ0) is 13.8. The Labute approximate surface area is 103 Å². The highest BCUT2D eigenvalue weighted by Crippen LogP contribution is 2.14. The van der Waals surface area contributed by atoms with E-state index in [1.165, 1.54) is 11.8 Å². The fourth-order valence-electron chi connectivity index (χ4n) is 1.80. The zero-order valence-electron chi connectivity index (χ0n) is 10.0. The van der Waals surface area contributed by atoms with E-state index < -0.39 is 18.8 Å². The maximum absolute atomic E-state index is 11.9. The number of amides is 3. The number of hydrogen-bond donors (Lipinski definition) is 2. The Morgan fingerprint density at radius 1 is 1.28 bits per heavy atom. The zero-order valence-corrected chi connectivity index (χ0v) is 10.0. The first-order chi connectivity index (χ1) is 8.28. The van der Waals surface area contributed by atoms with Gasteiger partial charge in [-0.05, 0) is 12.8 Å². The van der Waals surface area contributed by atoms with Crippen molar-refractivity contribution in [2.75, 3.05) is 19.6 Å². The lowest BCUT2D eigenvalue weighted by Crippen LogP contribution is -2.50. The predicted octanol–water partition coefficient (Wildman–Crippen LogP) is 0.859. The molecule has 0 saturated carbocycles. The molecule has 0 bridgehead atoms. The monoisotopic (exact) mass is 267 g/mol. The third kappa shape index (κ3) is 5.24. The van der Waals surface area contributed by atoms with E-state index in [9.17, 15) is 22.8 Å². The van der Waals surface area contributed by atoms with Crippen molar-refractivity contribution in [1.82, 2.24) is 15.5 Å². The SMILES string of the molecule is CC(=O)NC1CCN(C(=O)NCC(F)(F)F)CC1. The minimum Gasteiger partial charge on any atom is -0.353 e. The summed E-state index contributed by atoms with van der Waals surface area (Å²) in [6.45, 7) is 0.767. The first-order valence-corrected chi connectivity index (χ1v) is 5.64. The standard InChI is InChI=1S/C10H16F3N3O2/c1-7(17)15-8-2-4-16(5-3-8)9(18)14-6-10(11,12)13/h8H,2-6H2,1H3,(H,14,18)(H,15,17). The van der Waals surface area contributed by atoms with E-state index in [2.05, 4.69) is 5.32 Å². The Morgan fingerprint density at radius 2 is 1.83 bits per heavy atom. The second kappa shape index (κ2) is 5.92. The highest BCUT2D eigenvalue weighted by Gasteiger charge is 2.30. The molecule has 2 N–H and O–H groups in total. The van der Waals surface area contributed by atoms with E-state index in [-0.39, 0.29) is 11.9 Å². The van der Waals surface area contributed by atoms with Crippen molar-refractivity contribution in [1.29, 1.82) is 0 Å². The minimum atomic E-state index is -4.40. The maximum Gasteiger partial charge on any atom is 0.405 e. The Morgan fingerprint density at radius 3 is 2.28 bits per heavy atom. The molecule has 8 heteroatoms. The third-order valence-electron chi connectivity index (χ3n) is 2.63. The van der Waals surface area contributed by atoms with E-state index in [1.54, 1.807) is 0 Å². The van der Waals surface area contributed by atoms with Crippen LogP contribution in [0, 0.1) is 0 Å². The molecule has 0 atom stereocenters. The number of likely N-dealkylation sites (tertiary alicyclic amines) is 1. The largest absolute Gasteiger partial charge is 0.405 e. The van der Waals surface area contributed by atoms with Crippen LogP contribution in [0.4, 0.5) is 18.0 Å². The summed E-state index contributed by atoms with van der Waals surface area (Å²) >= 11 is 0. The molecule has 3 amide bonds. The number of carbonyl (C=O) groups excluding carboxylic acids is 2. The first-order valence-electron chi connectivity index (χ1n) is 5.64. The van der Waals surface area contributed by atoms with Gasteiger partial charge in [0.2, 0.25) is 5.91 Å². The Hall–Kier alpha value is -1.47. The summed E-state index contributed by atoms with van der Waals surface area (Å²) in [7, 11) is 0. The Balaban J connectivity index is 2.29. The maximum atomic E-state index is 11.9. The van der Waals surface area contributed by atoms with Gasteiger partial charge in [-0.3, -0.25) is 4.79 Å². The van der Waals surface area contributed by atoms with Gasteiger partial charge in [-0.2, -0.15) is 13.2 Å². The smallest absolute Gasteiger partial charge is 0.353 e. The normalized spacial score (nSPS) is 17.4. The van der Waals surface area contributed by atoms with Gasteiger partial charge in [0, 0.05) is 26.1 Å². The fraction of sp³-hybridized carbons (Fsp3) is 0.800. The molecule has 104 valence electrons. The molecule has 0 unspecified atom stereocenters. The first kappa shape index (κ1) is 14.6. The predicted molar refractivity (Wildman–Crippen MR) is 57.9 cm³/mol. The van der Waals surface area contributed by atoms with Gasteiger partial charge in [0.1, 0.15) is 6.54 Å². The van der Waals surface area contributed by atoms with Crippen LogP contribution in [0.3, 0.4) is 0 Å². The van der Waals surface area contributed by atoms with E-state index in [0.29, 0.717) is 25.9 Å². The molecule has 0 spiro atoms. The molecule has 0 radical (unpaired) electrons. The van der Waals surface area contributed by atoms with Crippen molar-refractivity contribution >= 4 is 11.9 Å². The van der Waals surface area contributed by atoms with Crippen molar-refractivity contribution in [2.24, 2.45) is 0 Å². The second-order valence-electron chi connectivity index (χ2n) is 4.24. The van der Waals surface area contributed by atoms with Crippen molar-refractivity contribution in [3.05, 3.63) is 0 Å². The van der Waals surface area contributed by atoms with Gasteiger partial charge < -0.3 is 15.5 Å². The van der Waals surface area contributed by atoms with E-state index in [1.807, 2.05) is 5.32 Å². The summed E-state index contributed by atoms with van der Waals surface area (Å²) in [5.74, 6) is -0.144. The van der Waals surface area contributed by atoms with Crippen molar-refractivity contribution < 1.29 is 22.8 Å². The van der Waals surface area contributed by atoms with Crippen molar-refractivity contribution in [3.8, 4) is 0 Å². The molecular formula is C10H16F3N3O2. The van der Waals surface area contributed by atoms with Crippen LogP contribution in [0.5, 0.6) is 0 Å². The molecule has 1 saturated heterocycles. The van der Waals surface area contributed by atoms with E-state index in [4.69, 9.17) is 0 Å². The van der Waals surface area contributed by atoms with Crippen molar-refractivity contribution in [2.45, 2.75) is 32.0 Å². The van der Waals surface area contributed by atoms with Crippen LogP contribution in [-0.2, 0) is 4.79 Å². The number of halogens is 3. The number of hydrogen-bond acceptors (Lipinski definition) is 2. The number of piperidine rings is 1. The third-order valence-corrected chi connectivity index (χ3v) is 2.63. The molecule has 1 rings (SSSR count). The van der Waals surface area contributed by atoms with Crippen LogP contribution in [0.1, 0.15) is 19.8 Å². The second-order valence-corrected chi connectivity index (χ2v) is 4.24. The van der Waals surface area contributed by atoms with Gasteiger partial charge >= 0.3 is 12.2 Å². The number of carbonyl (C=O) groups is 2. The lowest BCUT2D eigenvalue weighted by molar-refractivity contribution is -0.123. The minimum absolute atomic E-state index is 0.00540. The average molecular weight is 267 g/mol. The molecular weight excluding hydrogens is 251 g/mol.